The molecule has 0 radical (unpaired) electrons. The topological polar surface area (TPSA) is 51.8 Å². The number of aromatic nitrogens is 2. The van der Waals surface area contributed by atoms with Gasteiger partial charge in [-0.25, -0.2) is 14.4 Å². The Kier molecular flexibility index (Phi) is 4.76. The summed E-state index contributed by atoms with van der Waals surface area (Å²) >= 11 is 4.93. The number of aryl methyl sites for hydroxylation is 1. The first-order valence-electron chi connectivity index (χ1n) is 5.79. The van der Waals surface area contributed by atoms with Crippen LogP contribution in [0.3, 0.4) is 0 Å². The van der Waals surface area contributed by atoms with Gasteiger partial charge in [0.1, 0.15) is 17.5 Å². The molecule has 0 saturated carbocycles. The summed E-state index contributed by atoms with van der Waals surface area (Å²) in [7, 11) is 0. The van der Waals surface area contributed by atoms with Crippen molar-refractivity contribution in [2.75, 3.05) is 5.73 Å². The average molecular weight is 342 g/mol. The Morgan fingerprint density at radius 3 is 2.58 bits per heavy atom. The van der Waals surface area contributed by atoms with Crippen LogP contribution < -0.4 is 5.73 Å². The summed E-state index contributed by atoms with van der Waals surface area (Å²) in [6.07, 6.45) is 0.793. The molecular weight excluding hydrogens is 329 g/mol. The third-order valence-corrected chi connectivity index (χ3v) is 4.38. The number of rotatable bonds is 4. The predicted molar refractivity (Wildman–Crippen MR) is 79.5 cm³/mol. The van der Waals surface area contributed by atoms with Crippen molar-refractivity contribution in [3.8, 4) is 0 Å². The number of hydrogen-bond donors (Lipinski definition) is 1. The molecule has 0 aliphatic carbocycles. The molecule has 1 aromatic heterocycles. The van der Waals surface area contributed by atoms with Gasteiger partial charge in [0.25, 0.3) is 0 Å². The molecule has 1 heterocycles. The van der Waals surface area contributed by atoms with Crippen LogP contribution in [0, 0.1) is 5.82 Å². The van der Waals surface area contributed by atoms with E-state index in [4.69, 9.17) is 5.73 Å². The monoisotopic (exact) mass is 341 g/mol. The first-order valence-corrected chi connectivity index (χ1v) is 7.57. The SMILES string of the molecule is CCc1nc(CSc2ccc(F)cc2)nc(N)c1Br. The molecule has 0 unspecified atom stereocenters. The van der Waals surface area contributed by atoms with Crippen molar-refractivity contribution in [1.29, 1.82) is 0 Å². The second kappa shape index (κ2) is 6.34. The molecule has 0 aliphatic rings. The van der Waals surface area contributed by atoms with Gasteiger partial charge in [-0.1, -0.05) is 6.92 Å². The molecule has 3 nitrogen and oxygen atoms in total. The lowest BCUT2D eigenvalue weighted by atomic mass is 10.3. The Balaban J connectivity index is 2.11. The van der Waals surface area contributed by atoms with Crippen LogP contribution in [0.2, 0.25) is 0 Å². The lowest BCUT2D eigenvalue weighted by molar-refractivity contribution is 0.626. The van der Waals surface area contributed by atoms with E-state index in [9.17, 15) is 4.39 Å². The maximum absolute atomic E-state index is 12.8. The van der Waals surface area contributed by atoms with Crippen LogP contribution in [0.1, 0.15) is 18.4 Å². The van der Waals surface area contributed by atoms with Crippen LogP contribution >= 0.6 is 27.7 Å². The first kappa shape index (κ1) is 14.3. The van der Waals surface area contributed by atoms with Crippen molar-refractivity contribution < 1.29 is 4.39 Å². The number of nitrogen functional groups attached to an aromatic ring is 1. The van der Waals surface area contributed by atoms with E-state index in [-0.39, 0.29) is 5.82 Å². The number of nitrogens with two attached hydrogens (primary N) is 1. The minimum atomic E-state index is -0.234. The van der Waals surface area contributed by atoms with Gasteiger partial charge in [0.15, 0.2) is 0 Å². The molecule has 0 bridgehead atoms. The van der Waals surface area contributed by atoms with E-state index in [2.05, 4.69) is 25.9 Å². The molecule has 19 heavy (non-hydrogen) atoms. The molecule has 6 heteroatoms. The Morgan fingerprint density at radius 2 is 1.95 bits per heavy atom. The van der Waals surface area contributed by atoms with Gasteiger partial charge in [0.05, 0.1) is 15.9 Å². The third kappa shape index (κ3) is 3.67. The van der Waals surface area contributed by atoms with E-state index in [1.54, 1.807) is 23.9 Å². The van der Waals surface area contributed by atoms with Crippen LogP contribution in [0.15, 0.2) is 33.6 Å². The van der Waals surface area contributed by atoms with Gasteiger partial charge < -0.3 is 5.73 Å². The molecule has 1 aromatic carbocycles. The number of nitrogens with zero attached hydrogens (tertiary/aromatic N) is 2. The summed E-state index contributed by atoms with van der Waals surface area (Å²) < 4.78 is 13.6. The van der Waals surface area contributed by atoms with Crippen LogP contribution in [-0.4, -0.2) is 9.97 Å². The minimum absolute atomic E-state index is 0.234. The van der Waals surface area contributed by atoms with Crippen molar-refractivity contribution in [1.82, 2.24) is 9.97 Å². The van der Waals surface area contributed by atoms with E-state index < -0.39 is 0 Å². The van der Waals surface area contributed by atoms with E-state index in [1.165, 1.54) is 12.1 Å². The predicted octanol–water partition coefficient (Wildman–Crippen LogP) is 3.82. The zero-order valence-electron chi connectivity index (χ0n) is 10.4. The normalized spacial score (nSPS) is 10.7. The van der Waals surface area contributed by atoms with Gasteiger partial charge in [-0.3, -0.25) is 0 Å². The van der Waals surface area contributed by atoms with Crippen LogP contribution in [0.25, 0.3) is 0 Å². The van der Waals surface area contributed by atoms with Crippen LogP contribution in [0.4, 0.5) is 10.2 Å². The molecule has 0 fully saturated rings. The summed E-state index contributed by atoms with van der Waals surface area (Å²) in [5, 5.41) is 0. The summed E-state index contributed by atoms with van der Waals surface area (Å²) in [4.78, 5) is 9.67. The summed E-state index contributed by atoms with van der Waals surface area (Å²) in [5.41, 5.74) is 6.73. The molecule has 0 aliphatic heterocycles. The van der Waals surface area contributed by atoms with Crippen molar-refractivity contribution in [2.24, 2.45) is 0 Å². The van der Waals surface area contributed by atoms with Gasteiger partial charge >= 0.3 is 0 Å². The van der Waals surface area contributed by atoms with E-state index in [0.29, 0.717) is 17.4 Å². The maximum Gasteiger partial charge on any atom is 0.141 e. The minimum Gasteiger partial charge on any atom is -0.383 e. The van der Waals surface area contributed by atoms with E-state index in [0.717, 1.165) is 21.5 Å². The van der Waals surface area contributed by atoms with Gasteiger partial charge in [0.2, 0.25) is 0 Å². The third-order valence-electron chi connectivity index (χ3n) is 2.51. The highest BCUT2D eigenvalue weighted by Crippen LogP contribution is 2.25. The smallest absolute Gasteiger partial charge is 0.141 e. The number of halogens is 2. The summed E-state index contributed by atoms with van der Waals surface area (Å²) in [6.45, 7) is 2.02. The standard InChI is InChI=1S/C13H13BrFN3S/c1-2-10-12(14)13(16)18-11(17-10)7-19-9-5-3-8(15)4-6-9/h3-6H,2,7H2,1H3,(H2,16,17,18). The molecule has 0 amide bonds. The molecule has 100 valence electrons. The van der Waals surface area contributed by atoms with Gasteiger partial charge in [0, 0.05) is 4.90 Å². The molecule has 2 N–H and O–H groups in total. The fourth-order valence-electron chi connectivity index (χ4n) is 1.54. The molecule has 0 atom stereocenters. The zero-order chi connectivity index (χ0) is 13.8. The lowest BCUT2D eigenvalue weighted by Crippen LogP contribution is -2.04. The highest BCUT2D eigenvalue weighted by Gasteiger charge is 2.09. The zero-order valence-corrected chi connectivity index (χ0v) is 12.8. The van der Waals surface area contributed by atoms with E-state index >= 15 is 0 Å². The summed E-state index contributed by atoms with van der Waals surface area (Å²) in [6, 6.07) is 6.36. The largest absolute Gasteiger partial charge is 0.383 e. The Labute approximate surface area is 124 Å². The van der Waals surface area contributed by atoms with Crippen LogP contribution in [0.5, 0.6) is 0 Å². The maximum atomic E-state index is 12.8. The fourth-order valence-corrected chi connectivity index (χ4v) is 2.75. The van der Waals surface area contributed by atoms with Crippen molar-refractivity contribution in [3.63, 3.8) is 0 Å². The Hall–Kier alpha value is -1.14. The molecule has 0 saturated heterocycles. The molecule has 0 spiro atoms. The fraction of sp³-hybridized carbons (Fsp3) is 0.231. The number of hydrogen-bond acceptors (Lipinski definition) is 4. The second-order valence-corrected chi connectivity index (χ2v) is 5.72. The quantitative estimate of drug-likeness (QED) is 0.859. The Bertz CT molecular complexity index is 575. The lowest BCUT2D eigenvalue weighted by Gasteiger charge is -2.07. The second-order valence-electron chi connectivity index (χ2n) is 3.88. The highest BCUT2D eigenvalue weighted by atomic mass is 79.9. The first-order chi connectivity index (χ1) is 9.10. The van der Waals surface area contributed by atoms with Crippen LogP contribution in [-0.2, 0) is 12.2 Å². The van der Waals surface area contributed by atoms with Crippen molar-refractivity contribution in [2.45, 2.75) is 24.0 Å². The molecule has 2 aromatic rings. The Morgan fingerprint density at radius 1 is 1.26 bits per heavy atom. The van der Waals surface area contributed by atoms with Crippen molar-refractivity contribution >= 4 is 33.5 Å². The van der Waals surface area contributed by atoms with E-state index in [1.807, 2.05) is 6.92 Å². The number of benzene rings is 1. The average Bonchev–Trinajstić information content (AvgIpc) is 2.41. The highest BCUT2D eigenvalue weighted by molar-refractivity contribution is 9.10. The summed E-state index contributed by atoms with van der Waals surface area (Å²) in [5.74, 6) is 1.52. The number of anilines is 1. The molecule has 2 rings (SSSR count). The van der Waals surface area contributed by atoms with Crippen molar-refractivity contribution in [3.05, 3.63) is 46.1 Å². The number of thioether (sulfide) groups is 1. The van der Waals surface area contributed by atoms with Gasteiger partial charge in [-0.2, -0.15) is 0 Å². The van der Waals surface area contributed by atoms with Gasteiger partial charge in [-0.15, -0.1) is 11.8 Å². The molecular formula is C13H13BrFN3S. The van der Waals surface area contributed by atoms with Gasteiger partial charge in [-0.05, 0) is 46.6 Å².